The Kier molecular flexibility index (Phi) is 6.04. The highest BCUT2D eigenvalue weighted by molar-refractivity contribution is 5.90. The standard InChI is InChI=1S/C31H28FN5O/c1-3-22-15-17-23(18-16-22)29-28-14-9-19-35(28)30-25(21(2)34-37(30)24-10-5-4-6-11-24)20-36(29)31(38)33-27-13-8-7-12-26(27)32/h4-19,29H,3,20H2,1-2H3,(H,33,38). The van der Waals surface area contributed by atoms with E-state index >= 15 is 0 Å². The number of hydrogen-bond donors (Lipinski definition) is 1. The summed E-state index contributed by atoms with van der Waals surface area (Å²) < 4.78 is 18.6. The van der Waals surface area contributed by atoms with Gasteiger partial charge in [0.15, 0.2) is 0 Å². The van der Waals surface area contributed by atoms with Crippen molar-refractivity contribution >= 4 is 11.7 Å². The van der Waals surface area contributed by atoms with Crippen LogP contribution < -0.4 is 5.32 Å². The summed E-state index contributed by atoms with van der Waals surface area (Å²) >= 11 is 0. The van der Waals surface area contributed by atoms with Crippen LogP contribution in [0.3, 0.4) is 0 Å². The number of aryl methyl sites for hydroxylation is 2. The molecular formula is C31H28FN5O. The maximum atomic E-state index is 14.5. The van der Waals surface area contributed by atoms with Gasteiger partial charge < -0.3 is 14.8 Å². The smallest absolute Gasteiger partial charge is 0.307 e. The number of benzene rings is 3. The SMILES string of the molecule is CCc1ccc(C2c3cccn3-c3c(c(C)nn3-c3ccccc3)CN2C(=O)Nc2ccccc2F)cc1. The Morgan fingerprint density at radius 1 is 0.974 bits per heavy atom. The maximum absolute atomic E-state index is 14.5. The minimum atomic E-state index is -0.475. The Morgan fingerprint density at radius 2 is 1.71 bits per heavy atom. The molecule has 0 spiro atoms. The van der Waals surface area contributed by atoms with Gasteiger partial charge in [-0.25, -0.2) is 13.9 Å². The van der Waals surface area contributed by atoms with E-state index in [1.165, 1.54) is 11.6 Å². The average Bonchev–Trinajstić information content (AvgIpc) is 3.51. The molecule has 5 aromatic rings. The van der Waals surface area contributed by atoms with Crippen molar-refractivity contribution in [3.63, 3.8) is 0 Å². The maximum Gasteiger partial charge on any atom is 0.323 e. The van der Waals surface area contributed by atoms with E-state index in [-0.39, 0.29) is 11.7 Å². The van der Waals surface area contributed by atoms with Crippen LogP contribution in [0.1, 0.15) is 41.0 Å². The van der Waals surface area contributed by atoms with E-state index in [1.807, 2.05) is 60.3 Å². The zero-order valence-electron chi connectivity index (χ0n) is 21.3. The van der Waals surface area contributed by atoms with Crippen LogP contribution >= 0.6 is 0 Å². The van der Waals surface area contributed by atoms with Crippen LogP contribution in [0.4, 0.5) is 14.9 Å². The summed E-state index contributed by atoms with van der Waals surface area (Å²) in [6, 6.07) is 27.8. The number of rotatable bonds is 4. The molecule has 3 aromatic carbocycles. The van der Waals surface area contributed by atoms with Crippen LogP contribution in [-0.4, -0.2) is 25.3 Å². The minimum absolute atomic E-state index is 0.147. The summed E-state index contributed by atoms with van der Waals surface area (Å²) in [5.41, 5.74) is 5.97. The van der Waals surface area contributed by atoms with Crippen molar-refractivity contribution in [2.24, 2.45) is 0 Å². The zero-order valence-corrected chi connectivity index (χ0v) is 21.3. The van der Waals surface area contributed by atoms with Crippen molar-refractivity contribution in [2.45, 2.75) is 32.9 Å². The number of para-hydroxylation sites is 2. The van der Waals surface area contributed by atoms with Crippen LogP contribution in [-0.2, 0) is 13.0 Å². The molecule has 38 heavy (non-hydrogen) atoms. The molecule has 2 amide bonds. The predicted octanol–water partition coefficient (Wildman–Crippen LogP) is 6.81. The van der Waals surface area contributed by atoms with Gasteiger partial charge in [0.25, 0.3) is 0 Å². The molecule has 6 nitrogen and oxygen atoms in total. The number of carbonyl (C=O) groups is 1. The van der Waals surface area contributed by atoms with Gasteiger partial charge in [-0.2, -0.15) is 5.10 Å². The highest BCUT2D eigenvalue weighted by atomic mass is 19.1. The summed E-state index contributed by atoms with van der Waals surface area (Å²) in [6.07, 6.45) is 2.94. The largest absolute Gasteiger partial charge is 0.323 e. The molecule has 3 heterocycles. The van der Waals surface area contributed by atoms with E-state index in [1.54, 1.807) is 23.1 Å². The molecule has 0 aliphatic carbocycles. The minimum Gasteiger partial charge on any atom is -0.307 e. The molecular weight excluding hydrogens is 477 g/mol. The van der Waals surface area contributed by atoms with Crippen molar-refractivity contribution in [1.82, 2.24) is 19.2 Å². The highest BCUT2D eigenvalue weighted by Crippen LogP contribution is 2.39. The Bertz CT molecular complexity index is 1600. The molecule has 1 aliphatic heterocycles. The van der Waals surface area contributed by atoms with Crippen LogP contribution in [0.15, 0.2) is 97.2 Å². The fourth-order valence-electron chi connectivity index (χ4n) is 5.19. The van der Waals surface area contributed by atoms with E-state index in [4.69, 9.17) is 5.10 Å². The molecule has 0 bridgehead atoms. The number of amides is 2. The predicted molar refractivity (Wildman–Crippen MR) is 146 cm³/mol. The lowest BCUT2D eigenvalue weighted by Crippen LogP contribution is -2.38. The zero-order chi connectivity index (χ0) is 26.2. The normalized spacial score (nSPS) is 14.5. The van der Waals surface area contributed by atoms with E-state index in [0.29, 0.717) is 6.54 Å². The van der Waals surface area contributed by atoms with Crippen molar-refractivity contribution in [3.8, 4) is 11.5 Å². The molecule has 2 aromatic heterocycles. The molecule has 1 N–H and O–H groups in total. The lowest BCUT2D eigenvalue weighted by Gasteiger charge is -2.31. The number of nitrogens with zero attached hydrogens (tertiary/aromatic N) is 4. The lowest BCUT2D eigenvalue weighted by molar-refractivity contribution is 0.194. The molecule has 1 aliphatic rings. The number of halogens is 1. The van der Waals surface area contributed by atoms with E-state index in [0.717, 1.165) is 40.4 Å². The number of fused-ring (bicyclic) bond motifs is 3. The summed E-state index contributed by atoms with van der Waals surface area (Å²) in [6.45, 7) is 4.38. The Labute approximate surface area is 221 Å². The van der Waals surface area contributed by atoms with Gasteiger partial charge in [-0.3, -0.25) is 0 Å². The number of hydrogen-bond acceptors (Lipinski definition) is 2. The van der Waals surface area contributed by atoms with E-state index in [2.05, 4.69) is 41.1 Å². The van der Waals surface area contributed by atoms with Crippen LogP contribution in [0.25, 0.3) is 11.5 Å². The van der Waals surface area contributed by atoms with Gasteiger partial charge in [0.05, 0.1) is 35.3 Å². The Balaban J connectivity index is 1.53. The van der Waals surface area contributed by atoms with Crippen molar-refractivity contribution < 1.29 is 9.18 Å². The van der Waals surface area contributed by atoms with Crippen molar-refractivity contribution in [1.29, 1.82) is 0 Å². The molecule has 0 saturated heterocycles. The lowest BCUT2D eigenvalue weighted by atomic mass is 9.99. The van der Waals surface area contributed by atoms with Crippen molar-refractivity contribution in [2.75, 3.05) is 5.32 Å². The van der Waals surface area contributed by atoms with Gasteiger partial charge in [0, 0.05) is 11.8 Å². The number of aromatic nitrogens is 3. The second kappa shape index (κ2) is 9.67. The van der Waals surface area contributed by atoms with Crippen LogP contribution in [0.2, 0.25) is 0 Å². The van der Waals surface area contributed by atoms with Crippen LogP contribution in [0, 0.1) is 12.7 Å². The Hall–Kier alpha value is -4.65. The Morgan fingerprint density at radius 3 is 2.45 bits per heavy atom. The first kappa shape index (κ1) is 23.7. The molecule has 1 unspecified atom stereocenters. The molecule has 7 heteroatoms. The van der Waals surface area contributed by atoms with E-state index < -0.39 is 11.9 Å². The second-order valence-electron chi connectivity index (χ2n) is 9.47. The third kappa shape index (κ3) is 4.06. The van der Waals surface area contributed by atoms with E-state index in [9.17, 15) is 9.18 Å². The third-order valence-electron chi connectivity index (χ3n) is 7.17. The highest BCUT2D eigenvalue weighted by Gasteiger charge is 2.36. The number of anilines is 1. The first-order valence-electron chi connectivity index (χ1n) is 12.8. The van der Waals surface area contributed by atoms with Gasteiger partial charge in [0.1, 0.15) is 11.6 Å². The third-order valence-corrected chi connectivity index (χ3v) is 7.17. The quantitative estimate of drug-likeness (QED) is 0.292. The molecule has 6 rings (SSSR count). The fraction of sp³-hybridized carbons (Fsp3) is 0.161. The summed E-state index contributed by atoms with van der Waals surface area (Å²) in [7, 11) is 0. The first-order chi connectivity index (χ1) is 18.5. The van der Waals surface area contributed by atoms with Gasteiger partial charge in [-0.15, -0.1) is 0 Å². The van der Waals surface area contributed by atoms with Crippen molar-refractivity contribution in [3.05, 3.63) is 131 Å². The average molecular weight is 506 g/mol. The topological polar surface area (TPSA) is 55.1 Å². The second-order valence-corrected chi connectivity index (χ2v) is 9.47. The molecule has 0 fully saturated rings. The molecule has 1 atom stereocenters. The fourth-order valence-corrected chi connectivity index (χ4v) is 5.19. The number of nitrogens with one attached hydrogen (secondary N) is 1. The van der Waals surface area contributed by atoms with Gasteiger partial charge in [0.2, 0.25) is 0 Å². The summed E-state index contributed by atoms with van der Waals surface area (Å²) in [4.78, 5) is 15.7. The van der Waals surface area contributed by atoms with Gasteiger partial charge >= 0.3 is 6.03 Å². The first-order valence-corrected chi connectivity index (χ1v) is 12.8. The van der Waals surface area contributed by atoms with Gasteiger partial charge in [-0.1, -0.05) is 61.5 Å². The molecule has 0 radical (unpaired) electrons. The van der Waals surface area contributed by atoms with Crippen LogP contribution in [0.5, 0.6) is 0 Å². The monoisotopic (exact) mass is 505 g/mol. The summed E-state index contributed by atoms with van der Waals surface area (Å²) in [5.74, 6) is 0.418. The molecule has 0 saturated carbocycles. The van der Waals surface area contributed by atoms with Gasteiger partial charge in [-0.05, 0) is 60.9 Å². The summed E-state index contributed by atoms with van der Waals surface area (Å²) in [5, 5.41) is 7.69. The number of urea groups is 1. The molecule has 190 valence electrons. The number of carbonyl (C=O) groups excluding carboxylic acids is 1.